The fourth-order valence-corrected chi connectivity index (χ4v) is 2.05. The van der Waals surface area contributed by atoms with E-state index >= 15 is 0 Å². The Morgan fingerprint density at radius 1 is 1.26 bits per heavy atom. The maximum atomic E-state index is 13.6. The average molecular weight is 300 g/mol. The third-order valence-corrected chi connectivity index (χ3v) is 3.24. The molecule has 0 aliphatic carbocycles. The molecule has 19 heavy (non-hydrogen) atoms. The second-order valence-electron chi connectivity index (χ2n) is 4.02. The number of benzene rings is 1. The van der Waals surface area contributed by atoms with Crippen molar-refractivity contribution in [1.82, 2.24) is 4.98 Å². The number of pyridine rings is 1. The van der Waals surface area contributed by atoms with Crippen LogP contribution in [-0.4, -0.2) is 4.98 Å². The molecule has 0 aliphatic heterocycles. The summed E-state index contributed by atoms with van der Waals surface area (Å²) in [6, 6.07) is 8.11. The van der Waals surface area contributed by atoms with Gasteiger partial charge in [0.1, 0.15) is 18.2 Å². The van der Waals surface area contributed by atoms with Gasteiger partial charge in [0.25, 0.3) is 0 Å². The smallest absolute Gasteiger partial charge is 0.142 e. The zero-order chi connectivity index (χ0) is 13.8. The van der Waals surface area contributed by atoms with Crippen LogP contribution in [0, 0.1) is 12.7 Å². The Balaban J connectivity index is 2.19. The van der Waals surface area contributed by atoms with Crippen molar-refractivity contribution in [2.45, 2.75) is 19.4 Å². The zero-order valence-corrected chi connectivity index (χ0v) is 11.8. The van der Waals surface area contributed by atoms with E-state index in [0.29, 0.717) is 22.0 Å². The Kier molecular flexibility index (Phi) is 4.61. The molecule has 0 saturated heterocycles. The van der Waals surface area contributed by atoms with Gasteiger partial charge in [-0.05, 0) is 31.2 Å². The van der Waals surface area contributed by atoms with Gasteiger partial charge in [-0.3, -0.25) is 4.98 Å². The lowest BCUT2D eigenvalue weighted by Crippen LogP contribution is -2.02. The van der Waals surface area contributed by atoms with Gasteiger partial charge >= 0.3 is 0 Å². The van der Waals surface area contributed by atoms with Crippen molar-refractivity contribution in [1.29, 1.82) is 0 Å². The molecule has 0 unspecified atom stereocenters. The molecule has 0 N–H and O–H groups in total. The van der Waals surface area contributed by atoms with Gasteiger partial charge in [0.2, 0.25) is 0 Å². The predicted molar refractivity (Wildman–Crippen MR) is 74.3 cm³/mol. The van der Waals surface area contributed by atoms with Gasteiger partial charge in [0.05, 0.1) is 16.6 Å². The van der Waals surface area contributed by atoms with Crippen LogP contribution in [0.25, 0.3) is 0 Å². The van der Waals surface area contributed by atoms with E-state index in [9.17, 15) is 4.39 Å². The predicted octanol–water partition coefficient (Wildman–Crippen LogP) is 4.50. The lowest BCUT2D eigenvalue weighted by Gasteiger charge is -2.11. The number of rotatable bonds is 4. The number of alkyl halides is 1. The fraction of sp³-hybridized carbons (Fsp3) is 0.214. The first-order valence-corrected chi connectivity index (χ1v) is 6.61. The van der Waals surface area contributed by atoms with Crippen LogP contribution in [0.4, 0.5) is 4.39 Å². The number of aryl methyl sites for hydroxylation is 1. The van der Waals surface area contributed by atoms with E-state index in [4.69, 9.17) is 27.9 Å². The van der Waals surface area contributed by atoms with Crippen molar-refractivity contribution in [2.75, 3.05) is 0 Å². The van der Waals surface area contributed by atoms with Gasteiger partial charge in [-0.25, -0.2) is 4.39 Å². The van der Waals surface area contributed by atoms with Gasteiger partial charge in [-0.15, -0.1) is 11.6 Å². The summed E-state index contributed by atoms with van der Waals surface area (Å²) in [5.41, 5.74) is 1.81. The number of hydrogen-bond donors (Lipinski definition) is 0. The highest BCUT2D eigenvalue weighted by Crippen LogP contribution is 2.24. The van der Waals surface area contributed by atoms with Crippen LogP contribution >= 0.6 is 23.2 Å². The van der Waals surface area contributed by atoms with Crippen molar-refractivity contribution in [3.63, 3.8) is 0 Å². The van der Waals surface area contributed by atoms with E-state index in [1.54, 1.807) is 18.2 Å². The Morgan fingerprint density at radius 2 is 2.05 bits per heavy atom. The van der Waals surface area contributed by atoms with Crippen molar-refractivity contribution in [3.05, 3.63) is 58.1 Å². The number of halogens is 3. The van der Waals surface area contributed by atoms with Crippen LogP contribution in [0.3, 0.4) is 0 Å². The average Bonchev–Trinajstić information content (AvgIpc) is 2.39. The Labute approximate surface area is 121 Å². The molecule has 2 nitrogen and oxygen atoms in total. The highest BCUT2D eigenvalue weighted by molar-refractivity contribution is 6.31. The molecule has 0 bridgehead atoms. The third kappa shape index (κ3) is 3.37. The van der Waals surface area contributed by atoms with Gasteiger partial charge < -0.3 is 4.74 Å². The van der Waals surface area contributed by atoms with Crippen molar-refractivity contribution in [3.8, 4) is 5.75 Å². The largest absolute Gasteiger partial charge is 0.487 e. The summed E-state index contributed by atoms with van der Waals surface area (Å²) in [4.78, 5) is 4.27. The Morgan fingerprint density at radius 3 is 2.74 bits per heavy atom. The fourth-order valence-electron chi connectivity index (χ4n) is 1.65. The first-order valence-electron chi connectivity index (χ1n) is 5.70. The standard InChI is InChI=1S/C14H12Cl2FNO/c1-9-5-6-14(13(7-15)18-9)19-8-10-11(16)3-2-4-12(10)17/h2-6H,7-8H2,1H3. The zero-order valence-electron chi connectivity index (χ0n) is 10.3. The summed E-state index contributed by atoms with van der Waals surface area (Å²) in [6.07, 6.45) is 0. The molecule has 1 heterocycles. The van der Waals surface area contributed by atoms with Crippen LogP contribution in [0.2, 0.25) is 5.02 Å². The summed E-state index contributed by atoms with van der Waals surface area (Å²) < 4.78 is 19.2. The summed E-state index contributed by atoms with van der Waals surface area (Å²) in [6.45, 7) is 1.91. The van der Waals surface area contributed by atoms with E-state index in [2.05, 4.69) is 4.98 Å². The maximum Gasteiger partial charge on any atom is 0.142 e. The minimum atomic E-state index is -0.389. The summed E-state index contributed by atoms with van der Waals surface area (Å²) >= 11 is 11.7. The Bertz CT molecular complexity index is 569. The van der Waals surface area contributed by atoms with Gasteiger partial charge in [0, 0.05) is 11.3 Å². The van der Waals surface area contributed by atoms with Crippen molar-refractivity contribution in [2.24, 2.45) is 0 Å². The van der Waals surface area contributed by atoms with Gasteiger partial charge in [-0.2, -0.15) is 0 Å². The molecule has 0 aliphatic rings. The van der Waals surface area contributed by atoms with Crippen LogP contribution in [0.1, 0.15) is 17.0 Å². The molecule has 0 spiro atoms. The molecule has 0 saturated carbocycles. The van der Waals surface area contributed by atoms with Crippen molar-refractivity contribution < 1.29 is 9.13 Å². The molecule has 100 valence electrons. The number of aromatic nitrogens is 1. The molecule has 2 rings (SSSR count). The molecular weight excluding hydrogens is 288 g/mol. The van der Waals surface area contributed by atoms with E-state index in [-0.39, 0.29) is 18.3 Å². The number of hydrogen-bond acceptors (Lipinski definition) is 2. The van der Waals surface area contributed by atoms with E-state index < -0.39 is 0 Å². The normalized spacial score (nSPS) is 10.5. The molecule has 0 fully saturated rings. The lowest BCUT2D eigenvalue weighted by atomic mass is 10.2. The summed E-state index contributed by atoms with van der Waals surface area (Å²) in [7, 11) is 0. The third-order valence-electron chi connectivity index (χ3n) is 2.63. The molecule has 1 aromatic carbocycles. The first-order chi connectivity index (χ1) is 9.11. The van der Waals surface area contributed by atoms with Gasteiger partial charge in [0.15, 0.2) is 0 Å². The molecule has 0 atom stereocenters. The van der Waals surface area contributed by atoms with E-state index in [0.717, 1.165) is 5.69 Å². The Hall–Kier alpha value is -1.32. The molecule has 2 aromatic rings. The quantitative estimate of drug-likeness (QED) is 0.776. The SMILES string of the molecule is Cc1ccc(OCc2c(F)cccc2Cl)c(CCl)n1. The second kappa shape index (κ2) is 6.22. The topological polar surface area (TPSA) is 22.1 Å². The molecular formula is C14H12Cl2FNO. The lowest BCUT2D eigenvalue weighted by molar-refractivity contribution is 0.296. The van der Waals surface area contributed by atoms with Crippen LogP contribution < -0.4 is 4.74 Å². The molecule has 5 heteroatoms. The molecule has 1 aromatic heterocycles. The van der Waals surface area contributed by atoms with Crippen LogP contribution in [-0.2, 0) is 12.5 Å². The maximum absolute atomic E-state index is 13.6. The summed E-state index contributed by atoms with van der Waals surface area (Å²) in [5.74, 6) is 0.391. The molecule has 0 radical (unpaired) electrons. The minimum Gasteiger partial charge on any atom is -0.487 e. The monoisotopic (exact) mass is 299 g/mol. The number of ether oxygens (including phenoxy) is 1. The van der Waals surface area contributed by atoms with Crippen molar-refractivity contribution >= 4 is 23.2 Å². The van der Waals surface area contributed by atoms with Crippen LogP contribution in [0.15, 0.2) is 30.3 Å². The van der Waals surface area contributed by atoms with E-state index in [1.165, 1.54) is 6.07 Å². The highest BCUT2D eigenvalue weighted by atomic mass is 35.5. The molecule has 0 amide bonds. The number of nitrogens with zero attached hydrogens (tertiary/aromatic N) is 1. The minimum absolute atomic E-state index is 0.0418. The van der Waals surface area contributed by atoms with Crippen LogP contribution in [0.5, 0.6) is 5.75 Å². The second-order valence-corrected chi connectivity index (χ2v) is 4.69. The van der Waals surface area contributed by atoms with E-state index in [1.807, 2.05) is 13.0 Å². The highest BCUT2D eigenvalue weighted by Gasteiger charge is 2.10. The first kappa shape index (κ1) is 14.1. The van der Waals surface area contributed by atoms with Gasteiger partial charge in [-0.1, -0.05) is 17.7 Å². The summed E-state index contributed by atoms with van der Waals surface area (Å²) in [5, 5.41) is 0.340.